The molecule has 1 heterocycles. The van der Waals surface area contributed by atoms with Crippen molar-refractivity contribution in [3.63, 3.8) is 0 Å². The first-order chi connectivity index (χ1) is 9.13. The van der Waals surface area contributed by atoms with Gasteiger partial charge in [0.15, 0.2) is 17.3 Å². The third kappa shape index (κ3) is 3.06. The van der Waals surface area contributed by atoms with Crippen molar-refractivity contribution < 1.29 is 24.5 Å². The summed E-state index contributed by atoms with van der Waals surface area (Å²) in [7, 11) is 1.48. The smallest absolute Gasteiger partial charge is 0.200 e. The highest BCUT2D eigenvalue weighted by atomic mass is 16.5. The SMILES string of the molecule is COc1cc(C/C=C2\OC(CO)CC2=O)ccc1O. The van der Waals surface area contributed by atoms with Crippen LogP contribution < -0.4 is 4.74 Å². The molecule has 0 saturated carbocycles. The van der Waals surface area contributed by atoms with Crippen LogP contribution in [0.4, 0.5) is 0 Å². The van der Waals surface area contributed by atoms with E-state index in [0.29, 0.717) is 17.9 Å². The van der Waals surface area contributed by atoms with Crippen molar-refractivity contribution in [1.82, 2.24) is 0 Å². The zero-order valence-electron chi connectivity index (χ0n) is 10.6. The number of carbonyl (C=O) groups excluding carboxylic acids is 1. The van der Waals surface area contributed by atoms with E-state index in [1.807, 2.05) is 0 Å². The lowest BCUT2D eigenvalue weighted by molar-refractivity contribution is -0.115. The molecular formula is C14H16O5. The summed E-state index contributed by atoms with van der Waals surface area (Å²) in [5, 5.41) is 18.4. The molecule has 5 nitrogen and oxygen atoms in total. The first-order valence-corrected chi connectivity index (χ1v) is 6.00. The number of allylic oxidation sites excluding steroid dienone is 2. The van der Waals surface area contributed by atoms with E-state index in [2.05, 4.69) is 0 Å². The Hall–Kier alpha value is -2.01. The van der Waals surface area contributed by atoms with E-state index in [1.165, 1.54) is 7.11 Å². The van der Waals surface area contributed by atoms with E-state index in [4.69, 9.17) is 14.6 Å². The van der Waals surface area contributed by atoms with E-state index in [9.17, 15) is 9.90 Å². The number of rotatable bonds is 4. The molecule has 0 aliphatic carbocycles. The fourth-order valence-corrected chi connectivity index (χ4v) is 1.92. The maximum absolute atomic E-state index is 11.6. The molecule has 0 radical (unpaired) electrons. The van der Waals surface area contributed by atoms with E-state index >= 15 is 0 Å². The van der Waals surface area contributed by atoms with Crippen LogP contribution in [0.25, 0.3) is 0 Å². The summed E-state index contributed by atoms with van der Waals surface area (Å²) in [6.45, 7) is -0.157. The molecule has 0 amide bonds. The van der Waals surface area contributed by atoms with Gasteiger partial charge in [-0.15, -0.1) is 0 Å². The van der Waals surface area contributed by atoms with Crippen molar-refractivity contribution in [2.75, 3.05) is 13.7 Å². The van der Waals surface area contributed by atoms with Gasteiger partial charge < -0.3 is 19.7 Å². The molecule has 0 bridgehead atoms. The molecule has 19 heavy (non-hydrogen) atoms. The van der Waals surface area contributed by atoms with Crippen molar-refractivity contribution in [2.45, 2.75) is 18.9 Å². The number of hydrogen-bond acceptors (Lipinski definition) is 5. The van der Waals surface area contributed by atoms with Crippen LogP contribution in [0.2, 0.25) is 0 Å². The lowest BCUT2D eigenvalue weighted by atomic mass is 10.1. The van der Waals surface area contributed by atoms with Gasteiger partial charge in [0, 0.05) is 0 Å². The average molecular weight is 264 g/mol. The molecular weight excluding hydrogens is 248 g/mol. The summed E-state index contributed by atoms with van der Waals surface area (Å²) < 4.78 is 10.3. The van der Waals surface area contributed by atoms with Crippen molar-refractivity contribution in [1.29, 1.82) is 0 Å². The Kier molecular flexibility index (Phi) is 4.06. The highest BCUT2D eigenvalue weighted by Gasteiger charge is 2.27. The topological polar surface area (TPSA) is 76.0 Å². The molecule has 1 aromatic carbocycles. The maximum Gasteiger partial charge on any atom is 0.200 e. The van der Waals surface area contributed by atoms with Gasteiger partial charge in [0.05, 0.1) is 20.1 Å². The van der Waals surface area contributed by atoms with Crippen molar-refractivity contribution in [2.24, 2.45) is 0 Å². The number of aliphatic hydroxyl groups excluding tert-OH is 1. The molecule has 1 saturated heterocycles. The van der Waals surface area contributed by atoms with Gasteiger partial charge in [-0.25, -0.2) is 0 Å². The summed E-state index contributed by atoms with van der Waals surface area (Å²) in [5.74, 6) is 0.672. The third-order valence-electron chi connectivity index (χ3n) is 2.95. The van der Waals surface area contributed by atoms with Gasteiger partial charge in [-0.1, -0.05) is 6.07 Å². The fraction of sp³-hybridized carbons (Fsp3) is 0.357. The Balaban J connectivity index is 2.08. The molecule has 1 unspecified atom stereocenters. The van der Waals surface area contributed by atoms with Crippen molar-refractivity contribution in [3.8, 4) is 11.5 Å². The normalized spacial score (nSPS) is 20.6. The van der Waals surface area contributed by atoms with Gasteiger partial charge in [-0.2, -0.15) is 0 Å². The number of ether oxygens (including phenoxy) is 2. The molecule has 2 N–H and O–H groups in total. The quantitative estimate of drug-likeness (QED) is 0.799. The van der Waals surface area contributed by atoms with Crippen LogP contribution in [0.1, 0.15) is 12.0 Å². The number of benzene rings is 1. The lowest BCUT2D eigenvalue weighted by Gasteiger charge is -2.06. The molecule has 1 fully saturated rings. The Morgan fingerprint density at radius 1 is 1.53 bits per heavy atom. The molecule has 1 aliphatic rings. The summed E-state index contributed by atoms with van der Waals surface area (Å²) in [4.78, 5) is 11.6. The van der Waals surface area contributed by atoms with Crippen molar-refractivity contribution in [3.05, 3.63) is 35.6 Å². The molecule has 2 rings (SSSR count). The van der Waals surface area contributed by atoms with Crippen molar-refractivity contribution >= 4 is 5.78 Å². The molecule has 1 aliphatic heterocycles. The zero-order valence-corrected chi connectivity index (χ0v) is 10.6. The van der Waals surface area contributed by atoms with Crippen LogP contribution >= 0.6 is 0 Å². The number of hydrogen-bond donors (Lipinski definition) is 2. The highest BCUT2D eigenvalue weighted by molar-refractivity contribution is 5.95. The molecule has 0 aromatic heterocycles. The number of carbonyl (C=O) groups is 1. The third-order valence-corrected chi connectivity index (χ3v) is 2.95. The van der Waals surface area contributed by atoms with E-state index in [0.717, 1.165) is 5.56 Å². The summed E-state index contributed by atoms with van der Waals surface area (Å²) >= 11 is 0. The van der Waals surface area contributed by atoms with Crippen LogP contribution in [-0.2, 0) is 16.0 Å². The number of methoxy groups -OCH3 is 1. The predicted octanol–water partition coefficient (Wildman–Crippen LogP) is 1.18. The minimum atomic E-state index is -0.423. The minimum absolute atomic E-state index is 0.0763. The van der Waals surface area contributed by atoms with Crippen LogP contribution in [0.3, 0.4) is 0 Å². The first kappa shape index (κ1) is 13.4. The van der Waals surface area contributed by atoms with Gasteiger partial charge >= 0.3 is 0 Å². The number of phenols is 1. The Bertz CT molecular complexity index is 507. The van der Waals surface area contributed by atoms with Crippen LogP contribution in [0, 0.1) is 0 Å². The fourth-order valence-electron chi connectivity index (χ4n) is 1.92. The number of aromatic hydroxyl groups is 1. The molecule has 1 aromatic rings. The molecule has 0 spiro atoms. The Morgan fingerprint density at radius 3 is 2.95 bits per heavy atom. The number of Topliss-reactive ketones (excluding diaryl/α,β-unsaturated/α-hetero) is 1. The molecule has 102 valence electrons. The van der Waals surface area contributed by atoms with E-state index in [-0.39, 0.29) is 24.6 Å². The van der Waals surface area contributed by atoms with Crippen LogP contribution in [-0.4, -0.2) is 35.8 Å². The summed E-state index contributed by atoms with van der Waals surface area (Å²) in [5.41, 5.74) is 0.894. The van der Waals surface area contributed by atoms with Gasteiger partial charge in [0.25, 0.3) is 0 Å². The minimum Gasteiger partial charge on any atom is -0.504 e. The second-order valence-corrected chi connectivity index (χ2v) is 4.33. The molecule has 5 heteroatoms. The van der Waals surface area contributed by atoms with E-state index in [1.54, 1.807) is 24.3 Å². The largest absolute Gasteiger partial charge is 0.504 e. The van der Waals surface area contributed by atoms with E-state index < -0.39 is 6.10 Å². The predicted molar refractivity (Wildman–Crippen MR) is 68.0 cm³/mol. The summed E-state index contributed by atoms with van der Waals surface area (Å²) in [6, 6.07) is 4.99. The van der Waals surface area contributed by atoms with Gasteiger partial charge in [0.1, 0.15) is 6.10 Å². The Morgan fingerprint density at radius 2 is 2.32 bits per heavy atom. The van der Waals surface area contributed by atoms with Gasteiger partial charge in [-0.3, -0.25) is 4.79 Å². The number of phenolic OH excluding ortho intramolecular Hbond substituents is 1. The second-order valence-electron chi connectivity index (χ2n) is 4.33. The zero-order chi connectivity index (χ0) is 13.8. The van der Waals surface area contributed by atoms with Crippen LogP contribution in [0.15, 0.2) is 30.0 Å². The second kappa shape index (κ2) is 5.75. The Labute approximate surface area is 111 Å². The standard InChI is InChI=1S/C14H16O5/c1-18-14-6-9(2-4-11(14)16)3-5-13-12(17)7-10(8-15)19-13/h2,4-6,10,15-16H,3,7-8H2,1H3/b13-5-. The molecule has 1 atom stereocenters. The summed E-state index contributed by atoms with van der Waals surface area (Å²) in [6.07, 6.45) is 1.98. The van der Waals surface area contributed by atoms with Gasteiger partial charge in [-0.05, 0) is 30.2 Å². The number of ketones is 1. The first-order valence-electron chi connectivity index (χ1n) is 6.00. The maximum atomic E-state index is 11.6. The average Bonchev–Trinajstić information content (AvgIpc) is 2.78. The number of aliphatic hydroxyl groups is 1. The van der Waals surface area contributed by atoms with Crippen LogP contribution in [0.5, 0.6) is 11.5 Å². The lowest BCUT2D eigenvalue weighted by Crippen LogP contribution is -2.09. The van der Waals surface area contributed by atoms with Gasteiger partial charge in [0.2, 0.25) is 5.78 Å². The highest BCUT2D eigenvalue weighted by Crippen LogP contribution is 2.27. The monoisotopic (exact) mass is 264 g/mol.